The van der Waals surface area contributed by atoms with Crippen LogP contribution >= 0.6 is 23.2 Å². The molecule has 10 heteroatoms. The molecule has 35 heavy (non-hydrogen) atoms. The fourth-order valence-electron chi connectivity index (χ4n) is 3.58. The second-order valence-electron chi connectivity index (χ2n) is 8.84. The zero-order chi connectivity index (χ0) is 25.6. The van der Waals surface area contributed by atoms with Crippen molar-refractivity contribution >= 4 is 23.2 Å². The molecule has 190 valence electrons. The number of benzene rings is 2. The number of hydrogen-bond acceptors (Lipinski definition) is 7. The van der Waals surface area contributed by atoms with E-state index in [2.05, 4.69) is 24.2 Å². The van der Waals surface area contributed by atoms with Crippen LogP contribution < -0.4 is 9.47 Å². The van der Waals surface area contributed by atoms with Crippen LogP contribution in [-0.2, 0) is 18.6 Å². The van der Waals surface area contributed by atoms with E-state index in [1.807, 2.05) is 36.4 Å². The van der Waals surface area contributed by atoms with E-state index in [1.54, 1.807) is 13.0 Å². The highest BCUT2D eigenvalue weighted by molar-refractivity contribution is 6.32. The van der Waals surface area contributed by atoms with Gasteiger partial charge >= 0.3 is 0 Å². The molecule has 1 heterocycles. The van der Waals surface area contributed by atoms with Gasteiger partial charge in [0, 0.05) is 5.41 Å². The zero-order valence-corrected chi connectivity index (χ0v) is 21.5. The average molecular weight is 524 g/mol. The Morgan fingerprint density at radius 3 is 2.29 bits per heavy atom. The number of rotatable bonds is 12. The van der Waals surface area contributed by atoms with E-state index < -0.39 is 12.2 Å². The van der Waals surface area contributed by atoms with Crippen LogP contribution in [0.5, 0.6) is 11.5 Å². The number of alkyl halides is 1. The third-order valence-electron chi connectivity index (χ3n) is 5.85. The summed E-state index contributed by atoms with van der Waals surface area (Å²) in [4.78, 5) is 0. The highest BCUT2D eigenvalue weighted by atomic mass is 35.5. The lowest BCUT2D eigenvalue weighted by atomic mass is 9.78. The second kappa shape index (κ2) is 12.1. The monoisotopic (exact) mass is 523 g/mol. The van der Waals surface area contributed by atoms with Crippen LogP contribution in [0.25, 0.3) is 0 Å². The lowest BCUT2D eigenvalue weighted by molar-refractivity contribution is 0.0866. The van der Waals surface area contributed by atoms with Gasteiger partial charge in [-0.1, -0.05) is 48.9 Å². The molecule has 1 aromatic heterocycles. The topological polar surface area (TPSA) is 110 Å². The molecule has 0 unspecified atom stereocenters. The molecule has 0 aliphatic carbocycles. The number of nitrogens with zero attached hydrogens (tertiary/aromatic N) is 3. The third-order valence-corrected chi connectivity index (χ3v) is 6.50. The predicted octanol–water partition coefficient (Wildman–Crippen LogP) is 3.48. The van der Waals surface area contributed by atoms with Crippen molar-refractivity contribution in [2.75, 3.05) is 19.1 Å². The first-order valence-corrected chi connectivity index (χ1v) is 12.1. The van der Waals surface area contributed by atoms with E-state index >= 15 is 0 Å². The Kier molecular flexibility index (Phi) is 9.38. The molecule has 0 aliphatic heterocycles. The van der Waals surface area contributed by atoms with Gasteiger partial charge in [-0.3, -0.25) is 0 Å². The molecular weight excluding hydrogens is 493 g/mol. The largest absolute Gasteiger partial charge is 0.491 e. The highest BCUT2D eigenvalue weighted by Crippen LogP contribution is 2.36. The van der Waals surface area contributed by atoms with Gasteiger partial charge in [0.05, 0.1) is 35.4 Å². The number of aliphatic hydroxyl groups is 3. The first-order valence-electron chi connectivity index (χ1n) is 11.2. The molecule has 3 rings (SSSR count). The van der Waals surface area contributed by atoms with E-state index in [1.165, 1.54) is 4.68 Å². The molecule has 2 aromatic carbocycles. The standard InChI is InChI=1S/C25H31Cl2N3O5/c1-16-23(13-31)30(29-28-16)12-20(33)15-34-21-7-4-17(5-8-21)25(2,3)18-6-9-24(22(27)10-18)35-14-19(32)11-26/h4-10,19-20,31-33H,11-15H2,1-3H3/t19-,20-/m0/s1. The molecule has 0 amide bonds. The van der Waals surface area contributed by atoms with E-state index in [9.17, 15) is 15.3 Å². The molecule has 0 saturated heterocycles. The first-order chi connectivity index (χ1) is 16.6. The van der Waals surface area contributed by atoms with Crippen molar-refractivity contribution in [3.8, 4) is 11.5 Å². The van der Waals surface area contributed by atoms with Crippen LogP contribution in [0.2, 0.25) is 5.02 Å². The van der Waals surface area contributed by atoms with Gasteiger partial charge in [-0.2, -0.15) is 0 Å². The van der Waals surface area contributed by atoms with Crippen molar-refractivity contribution in [3.63, 3.8) is 0 Å². The van der Waals surface area contributed by atoms with Crippen LogP contribution in [0.4, 0.5) is 0 Å². The van der Waals surface area contributed by atoms with Gasteiger partial charge in [0.2, 0.25) is 0 Å². The van der Waals surface area contributed by atoms with E-state index in [-0.39, 0.29) is 37.7 Å². The fraction of sp³-hybridized carbons (Fsp3) is 0.440. The molecule has 3 aromatic rings. The molecule has 2 atom stereocenters. The maximum absolute atomic E-state index is 10.3. The van der Waals surface area contributed by atoms with Gasteiger partial charge in [-0.25, -0.2) is 4.68 Å². The molecule has 0 fully saturated rings. The minimum absolute atomic E-state index is 0.0714. The summed E-state index contributed by atoms with van der Waals surface area (Å²) >= 11 is 12.0. The minimum Gasteiger partial charge on any atom is -0.491 e. The number of halogens is 2. The lowest BCUT2D eigenvalue weighted by Gasteiger charge is -2.27. The Morgan fingerprint density at radius 2 is 1.66 bits per heavy atom. The maximum atomic E-state index is 10.3. The summed E-state index contributed by atoms with van der Waals surface area (Å²) < 4.78 is 12.8. The predicted molar refractivity (Wildman–Crippen MR) is 134 cm³/mol. The normalized spacial score (nSPS) is 13.5. The first kappa shape index (κ1) is 27.2. The summed E-state index contributed by atoms with van der Waals surface area (Å²) in [6.07, 6.45) is -1.57. The molecule has 8 nitrogen and oxygen atoms in total. The van der Waals surface area contributed by atoms with Gasteiger partial charge in [0.25, 0.3) is 0 Å². The Labute approximate surface area is 215 Å². The number of aromatic nitrogens is 3. The van der Waals surface area contributed by atoms with Crippen LogP contribution in [-0.4, -0.2) is 61.6 Å². The smallest absolute Gasteiger partial charge is 0.138 e. The zero-order valence-electron chi connectivity index (χ0n) is 20.0. The second-order valence-corrected chi connectivity index (χ2v) is 9.56. The summed E-state index contributed by atoms with van der Waals surface area (Å²) in [5.74, 6) is 1.21. The molecule has 0 saturated carbocycles. The molecular formula is C25H31Cl2N3O5. The summed E-state index contributed by atoms with van der Waals surface area (Å²) in [7, 11) is 0. The minimum atomic E-state index is -0.814. The van der Waals surface area contributed by atoms with E-state index in [4.69, 9.17) is 32.7 Å². The van der Waals surface area contributed by atoms with E-state index in [0.717, 1.165) is 11.1 Å². The third kappa shape index (κ3) is 6.86. The summed E-state index contributed by atoms with van der Waals surface area (Å²) in [6, 6.07) is 13.3. The SMILES string of the molecule is Cc1nnn(C[C@H](O)COc2ccc(C(C)(C)c3ccc(OC[C@@H](O)CCl)c(Cl)c3)cc2)c1CO. The molecule has 0 aliphatic rings. The van der Waals surface area contributed by atoms with Crippen molar-refractivity contribution in [1.82, 2.24) is 15.0 Å². The van der Waals surface area contributed by atoms with Crippen LogP contribution in [0.3, 0.4) is 0 Å². The highest BCUT2D eigenvalue weighted by Gasteiger charge is 2.24. The van der Waals surface area contributed by atoms with Gasteiger partial charge in [0.15, 0.2) is 0 Å². The van der Waals surface area contributed by atoms with Gasteiger partial charge in [-0.05, 0) is 42.3 Å². The Hall–Kier alpha value is -2.36. The Bertz CT molecular complexity index is 1100. The van der Waals surface area contributed by atoms with Crippen LogP contribution in [0.1, 0.15) is 36.4 Å². The molecule has 0 bridgehead atoms. The van der Waals surface area contributed by atoms with Crippen molar-refractivity contribution in [2.24, 2.45) is 0 Å². The number of hydrogen-bond donors (Lipinski definition) is 3. The maximum Gasteiger partial charge on any atom is 0.138 e. The van der Waals surface area contributed by atoms with Crippen molar-refractivity contribution in [1.29, 1.82) is 0 Å². The Morgan fingerprint density at radius 1 is 1.00 bits per heavy atom. The number of ether oxygens (including phenoxy) is 2. The Balaban J connectivity index is 1.61. The number of aryl methyl sites for hydroxylation is 1. The van der Waals surface area contributed by atoms with E-state index in [0.29, 0.717) is 27.9 Å². The molecule has 0 radical (unpaired) electrons. The van der Waals surface area contributed by atoms with Gasteiger partial charge < -0.3 is 24.8 Å². The van der Waals surface area contributed by atoms with Crippen molar-refractivity contribution < 1.29 is 24.8 Å². The van der Waals surface area contributed by atoms with Gasteiger partial charge in [0.1, 0.15) is 36.9 Å². The average Bonchev–Trinajstić information content (AvgIpc) is 3.20. The van der Waals surface area contributed by atoms with Crippen LogP contribution in [0.15, 0.2) is 42.5 Å². The summed E-state index contributed by atoms with van der Waals surface area (Å²) in [5, 5.41) is 37.6. The fourth-order valence-corrected chi connectivity index (χ4v) is 3.90. The molecule has 0 spiro atoms. The summed E-state index contributed by atoms with van der Waals surface area (Å²) in [6.45, 7) is 6.06. The van der Waals surface area contributed by atoms with Crippen molar-refractivity contribution in [2.45, 2.75) is 51.5 Å². The summed E-state index contributed by atoms with van der Waals surface area (Å²) in [5.41, 5.74) is 2.91. The lowest BCUT2D eigenvalue weighted by Crippen LogP contribution is -2.25. The van der Waals surface area contributed by atoms with Gasteiger partial charge in [-0.15, -0.1) is 16.7 Å². The quantitative estimate of drug-likeness (QED) is 0.311. The van der Waals surface area contributed by atoms with Crippen LogP contribution in [0, 0.1) is 6.92 Å². The van der Waals surface area contributed by atoms with Crippen molar-refractivity contribution in [3.05, 3.63) is 70.0 Å². The molecule has 3 N–H and O–H groups in total. The number of aliphatic hydroxyl groups excluding tert-OH is 3.